The van der Waals surface area contributed by atoms with E-state index in [-0.39, 0.29) is 46.6 Å². The van der Waals surface area contributed by atoms with Crippen LogP contribution >= 0.6 is 23.2 Å². The van der Waals surface area contributed by atoms with Crippen molar-refractivity contribution in [2.75, 3.05) is 6.54 Å². The molecule has 4 atom stereocenters. The summed E-state index contributed by atoms with van der Waals surface area (Å²) >= 11 is 12.8. The van der Waals surface area contributed by atoms with Gasteiger partial charge in [-0.1, -0.05) is 35.3 Å². The standard InChI is InChI=1S/C29H26Cl2FN5O2/c1-13(34)21-11-18-14(2)35-26-19(28(18)37(21)27-16-10-22(27)36(12-16)29(38)39)9-15(5-4-8-33)23(25(26)32)17-6-3-7-20(30)24(17)31/h3,6-7,9,11,13,16,22,27H,4-5,10,12,34H2,1-2H3,(H,38,39)/t13?,16-,22-,27+/m1/s1. The van der Waals surface area contributed by atoms with Gasteiger partial charge in [0.15, 0.2) is 5.82 Å². The molecule has 2 bridgehead atoms. The van der Waals surface area contributed by atoms with E-state index in [1.807, 2.05) is 26.0 Å². The fourth-order valence-electron chi connectivity index (χ4n) is 6.55. The highest BCUT2D eigenvalue weighted by Gasteiger charge is 2.55. The number of hydrogen-bond donors (Lipinski definition) is 2. The van der Waals surface area contributed by atoms with Crippen molar-refractivity contribution in [2.24, 2.45) is 11.7 Å². The topological polar surface area (TPSA) is 108 Å². The lowest BCUT2D eigenvalue weighted by atomic mass is 9.79. The molecule has 200 valence electrons. The predicted octanol–water partition coefficient (Wildman–Crippen LogP) is 7.01. The number of fused-ring (bicyclic) bond motifs is 4. The maximum absolute atomic E-state index is 16.6. The van der Waals surface area contributed by atoms with Crippen LogP contribution in [-0.4, -0.2) is 38.2 Å². The van der Waals surface area contributed by atoms with Crippen LogP contribution in [0.3, 0.4) is 0 Å². The van der Waals surface area contributed by atoms with Crippen LogP contribution in [0.15, 0.2) is 30.3 Å². The number of carboxylic acid groups (broad SMARTS) is 1. The van der Waals surface area contributed by atoms with Crippen molar-refractivity contribution in [3.8, 4) is 17.2 Å². The molecule has 1 amide bonds. The smallest absolute Gasteiger partial charge is 0.407 e. The first-order chi connectivity index (χ1) is 18.6. The van der Waals surface area contributed by atoms with Crippen molar-refractivity contribution in [2.45, 2.75) is 51.2 Å². The maximum Gasteiger partial charge on any atom is 0.407 e. The van der Waals surface area contributed by atoms with Gasteiger partial charge >= 0.3 is 6.09 Å². The van der Waals surface area contributed by atoms with Gasteiger partial charge < -0.3 is 20.3 Å². The number of rotatable bonds is 5. The Hall–Kier alpha value is -3.38. The highest BCUT2D eigenvalue weighted by molar-refractivity contribution is 6.43. The van der Waals surface area contributed by atoms with Gasteiger partial charge in [0.1, 0.15) is 5.52 Å². The third-order valence-electron chi connectivity index (χ3n) is 8.30. The molecule has 0 radical (unpaired) electrons. The third kappa shape index (κ3) is 3.79. The van der Waals surface area contributed by atoms with Gasteiger partial charge in [-0.2, -0.15) is 5.26 Å². The van der Waals surface area contributed by atoms with Gasteiger partial charge in [-0.15, -0.1) is 0 Å². The number of carbonyl (C=O) groups is 1. The van der Waals surface area contributed by atoms with E-state index in [1.54, 1.807) is 18.2 Å². The van der Waals surface area contributed by atoms with Crippen LogP contribution < -0.4 is 5.73 Å². The summed E-state index contributed by atoms with van der Waals surface area (Å²) in [6, 6.07) is 10.5. The summed E-state index contributed by atoms with van der Waals surface area (Å²) in [5, 5.41) is 21.1. The number of amides is 1. The second-order valence-corrected chi connectivity index (χ2v) is 11.3. The molecule has 10 heteroatoms. The van der Waals surface area contributed by atoms with E-state index in [2.05, 4.69) is 10.6 Å². The fraction of sp³-hybridized carbons (Fsp3) is 0.345. The van der Waals surface area contributed by atoms with Crippen molar-refractivity contribution in [1.82, 2.24) is 14.5 Å². The Kier molecular flexibility index (Phi) is 6.22. The summed E-state index contributed by atoms with van der Waals surface area (Å²) in [6.45, 7) is 4.19. The summed E-state index contributed by atoms with van der Waals surface area (Å²) in [7, 11) is 0. The molecule has 1 aliphatic carbocycles. The third-order valence-corrected chi connectivity index (χ3v) is 9.12. The minimum absolute atomic E-state index is 0.0997. The lowest BCUT2D eigenvalue weighted by Crippen LogP contribution is -2.42. The summed E-state index contributed by atoms with van der Waals surface area (Å²) in [6.07, 6.45) is 0.347. The first-order valence-corrected chi connectivity index (χ1v) is 13.6. The fourth-order valence-corrected chi connectivity index (χ4v) is 6.94. The molecule has 1 saturated carbocycles. The van der Waals surface area contributed by atoms with Crippen LogP contribution in [-0.2, 0) is 6.42 Å². The molecule has 3 aliphatic rings. The zero-order valence-corrected chi connectivity index (χ0v) is 22.9. The number of nitrogens with two attached hydrogens (primary N) is 1. The first kappa shape index (κ1) is 25.9. The average molecular weight is 566 g/mol. The largest absolute Gasteiger partial charge is 0.465 e. The molecule has 7 rings (SSSR count). The van der Waals surface area contributed by atoms with Crippen molar-refractivity contribution < 1.29 is 14.3 Å². The van der Waals surface area contributed by atoms with E-state index < -0.39 is 11.9 Å². The number of halogens is 3. The zero-order valence-electron chi connectivity index (χ0n) is 21.4. The maximum atomic E-state index is 16.6. The summed E-state index contributed by atoms with van der Waals surface area (Å²) < 4.78 is 18.8. The van der Waals surface area contributed by atoms with Crippen molar-refractivity contribution in [3.63, 3.8) is 0 Å². The number of aromatic nitrogens is 2. The molecule has 3 N–H and O–H groups in total. The van der Waals surface area contributed by atoms with Gasteiger partial charge in [0.25, 0.3) is 0 Å². The van der Waals surface area contributed by atoms with Crippen LogP contribution in [0.4, 0.5) is 9.18 Å². The van der Waals surface area contributed by atoms with Gasteiger partial charge in [-0.25, -0.2) is 14.2 Å². The molecule has 7 nitrogen and oxygen atoms in total. The van der Waals surface area contributed by atoms with Gasteiger partial charge in [0.2, 0.25) is 0 Å². The SMILES string of the molecule is Cc1nc2c(F)c(-c3cccc(Cl)c3Cl)c(CCC#N)cc2c2c1cc(C(C)N)n2[C@H]1[C@@H]2C[C@H]1N(C(=O)O)C2. The Balaban J connectivity index is 1.69. The van der Waals surface area contributed by atoms with Gasteiger partial charge in [-0.3, -0.25) is 0 Å². The molecule has 1 unspecified atom stereocenters. The Morgan fingerprint density at radius 3 is 2.77 bits per heavy atom. The zero-order chi connectivity index (χ0) is 27.7. The number of nitrogens with zero attached hydrogens (tertiary/aromatic N) is 4. The number of pyridine rings is 1. The molecule has 0 spiro atoms. The van der Waals surface area contributed by atoms with E-state index in [4.69, 9.17) is 33.9 Å². The monoisotopic (exact) mass is 565 g/mol. The molecule has 4 aromatic rings. The predicted molar refractivity (Wildman–Crippen MR) is 150 cm³/mol. The molecule has 2 aromatic heterocycles. The van der Waals surface area contributed by atoms with Gasteiger partial charge in [-0.05, 0) is 50.5 Å². The molecule has 39 heavy (non-hydrogen) atoms. The summed E-state index contributed by atoms with van der Waals surface area (Å²) in [4.78, 5) is 18.1. The molecule has 2 aliphatic heterocycles. The number of nitriles is 1. The second kappa shape index (κ2) is 9.37. The first-order valence-electron chi connectivity index (χ1n) is 12.9. The number of aryl methyl sites for hydroxylation is 2. The average Bonchev–Trinajstić information content (AvgIpc) is 3.59. The van der Waals surface area contributed by atoms with Crippen molar-refractivity contribution >= 4 is 51.1 Å². The molecule has 3 fully saturated rings. The van der Waals surface area contributed by atoms with Crippen LogP contribution in [0.2, 0.25) is 10.0 Å². The van der Waals surface area contributed by atoms with Crippen LogP contribution in [0.1, 0.15) is 48.8 Å². The second-order valence-electron chi connectivity index (χ2n) is 10.6. The number of benzene rings is 2. The molecule has 4 heterocycles. The minimum Gasteiger partial charge on any atom is -0.465 e. The van der Waals surface area contributed by atoms with Crippen LogP contribution in [0.5, 0.6) is 0 Å². The molecular weight excluding hydrogens is 540 g/mol. The summed E-state index contributed by atoms with van der Waals surface area (Å²) in [5.74, 6) is -0.386. The van der Waals surface area contributed by atoms with Gasteiger partial charge in [0.05, 0.1) is 33.7 Å². The van der Waals surface area contributed by atoms with Crippen molar-refractivity contribution in [1.29, 1.82) is 5.26 Å². The Labute approximate surface area is 234 Å². The van der Waals surface area contributed by atoms with Crippen LogP contribution in [0, 0.1) is 30.0 Å². The van der Waals surface area contributed by atoms with E-state index >= 15 is 4.39 Å². The Morgan fingerprint density at radius 1 is 1.33 bits per heavy atom. The lowest BCUT2D eigenvalue weighted by molar-refractivity contribution is 0.124. The Bertz CT molecular complexity index is 1730. The van der Waals surface area contributed by atoms with E-state index in [1.165, 1.54) is 4.90 Å². The highest BCUT2D eigenvalue weighted by Crippen LogP contribution is 2.52. The van der Waals surface area contributed by atoms with Crippen LogP contribution in [0.25, 0.3) is 32.9 Å². The summed E-state index contributed by atoms with van der Waals surface area (Å²) in [5.41, 5.74) is 10.3. The molecule has 2 aromatic carbocycles. The number of hydrogen-bond acceptors (Lipinski definition) is 4. The van der Waals surface area contributed by atoms with Crippen molar-refractivity contribution in [3.05, 3.63) is 63.1 Å². The normalized spacial score (nSPS) is 20.8. The Morgan fingerprint density at radius 2 is 2.10 bits per heavy atom. The van der Waals surface area contributed by atoms with E-state index in [0.29, 0.717) is 40.2 Å². The van der Waals surface area contributed by atoms with Gasteiger partial charge in [0, 0.05) is 58.2 Å². The molecule has 2 saturated heterocycles. The molecular formula is C29H26Cl2FN5O2. The minimum atomic E-state index is -0.931. The lowest BCUT2D eigenvalue weighted by Gasteiger charge is -2.39. The van der Waals surface area contributed by atoms with E-state index in [0.717, 1.165) is 23.0 Å². The highest BCUT2D eigenvalue weighted by atomic mass is 35.5. The van der Waals surface area contributed by atoms with E-state index in [9.17, 15) is 15.2 Å². The quantitative estimate of drug-likeness (QED) is 0.270.